The molecule has 2 aromatic carbocycles. The molecule has 2 heterocycles. The predicted molar refractivity (Wildman–Crippen MR) is 122 cm³/mol. The van der Waals surface area contributed by atoms with Crippen molar-refractivity contribution in [3.05, 3.63) is 72.1 Å². The lowest BCUT2D eigenvalue weighted by atomic mass is 10.1. The highest BCUT2D eigenvalue weighted by Gasteiger charge is 2.27. The first-order chi connectivity index (χ1) is 15.5. The van der Waals surface area contributed by atoms with E-state index in [1.54, 1.807) is 4.90 Å². The van der Waals surface area contributed by atoms with Gasteiger partial charge in [0.1, 0.15) is 0 Å². The Bertz CT molecular complexity index is 1090. The number of hydrogen-bond donors (Lipinski definition) is 2. The van der Waals surface area contributed by atoms with Crippen LogP contribution < -0.4 is 5.32 Å². The van der Waals surface area contributed by atoms with Gasteiger partial charge in [0.25, 0.3) is 5.91 Å². The van der Waals surface area contributed by atoms with E-state index in [2.05, 4.69) is 17.3 Å². The van der Waals surface area contributed by atoms with Crippen molar-refractivity contribution in [3.8, 4) is 11.4 Å². The van der Waals surface area contributed by atoms with Gasteiger partial charge in [0, 0.05) is 31.9 Å². The van der Waals surface area contributed by atoms with E-state index in [-0.39, 0.29) is 29.8 Å². The zero-order chi connectivity index (χ0) is 22.5. The van der Waals surface area contributed by atoms with Crippen molar-refractivity contribution in [3.63, 3.8) is 0 Å². The summed E-state index contributed by atoms with van der Waals surface area (Å²) >= 11 is 0. The predicted octanol–water partition coefficient (Wildman–Crippen LogP) is 2.54. The number of aromatic nitrogens is 2. The van der Waals surface area contributed by atoms with Gasteiger partial charge in [-0.15, -0.1) is 0 Å². The van der Waals surface area contributed by atoms with Gasteiger partial charge in [-0.3, -0.25) is 14.5 Å². The minimum atomic E-state index is -0.307. The average molecular weight is 434 g/mol. The Labute approximate surface area is 187 Å². The van der Waals surface area contributed by atoms with E-state index in [0.717, 1.165) is 23.4 Å². The summed E-state index contributed by atoms with van der Waals surface area (Å²) in [4.78, 5) is 29.1. The standard InChI is InChI=1S/C24H27N5O3/c1-2-18-8-6-7-11-20(18)25-22(31)17-27-12-14-28(15-13-27)24(32)23-21(30)16-29(26-23)19-9-4-3-5-10-19/h3-11,16,30H,2,12-15,17H2,1H3,(H,25,31). The molecule has 1 aliphatic rings. The molecule has 8 heteroatoms. The Balaban J connectivity index is 1.32. The first-order valence-electron chi connectivity index (χ1n) is 10.8. The summed E-state index contributed by atoms with van der Waals surface area (Å²) in [6.45, 7) is 4.42. The summed E-state index contributed by atoms with van der Waals surface area (Å²) in [5, 5.41) is 17.5. The maximum absolute atomic E-state index is 12.9. The molecular formula is C24H27N5O3. The highest BCUT2D eigenvalue weighted by Crippen LogP contribution is 2.21. The normalized spacial score (nSPS) is 14.3. The van der Waals surface area contributed by atoms with E-state index in [0.29, 0.717) is 26.2 Å². The molecule has 0 unspecified atom stereocenters. The summed E-state index contributed by atoms with van der Waals surface area (Å²) in [6.07, 6.45) is 2.29. The zero-order valence-corrected chi connectivity index (χ0v) is 18.1. The monoisotopic (exact) mass is 433 g/mol. The Morgan fingerprint density at radius 3 is 2.41 bits per heavy atom. The molecule has 1 aliphatic heterocycles. The topological polar surface area (TPSA) is 90.7 Å². The minimum Gasteiger partial charge on any atom is -0.504 e. The van der Waals surface area contributed by atoms with Gasteiger partial charge in [-0.05, 0) is 30.2 Å². The third kappa shape index (κ3) is 4.81. The number of aryl methyl sites for hydroxylation is 1. The number of hydrogen-bond acceptors (Lipinski definition) is 5. The van der Waals surface area contributed by atoms with Crippen LogP contribution in [0.5, 0.6) is 5.75 Å². The molecule has 1 fully saturated rings. The lowest BCUT2D eigenvalue weighted by molar-refractivity contribution is -0.117. The molecule has 8 nitrogen and oxygen atoms in total. The first kappa shape index (κ1) is 21.6. The van der Waals surface area contributed by atoms with Gasteiger partial charge in [-0.25, -0.2) is 4.68 Å². The van der Waals surface area contributed by atoms with Gasteiger partial charge in [0.2, 0.25) is 5.91 Å². The molecule has 0 spiro atoms. The molecule has 2 N–H and O–H groups in total. The fourth-order valence-corrected chi connectivity index (χ4v) is 3.83. The van der Waals surface area contributed by atoms with Crippen molar-refractivity contribution in [2.75, 3.05) is 38.0 Å². The molecule has 1 saturated heterocycles. The number of carbonyl (C=O) groups is 2. The Kier molecular flexibility index (Phi) is 6.51. The molecule has 166 valence electrons. The van der Waals surface area contributed by atoms with E-state index >= 15 is 0 Å². The minimum absolute atomic E-state index is 0.0382. The summed E-state index contributed by atoms with van der Waals surface area (Å²) in [7, 11) is 0. The maximum atomic E-state index is 12.9. The molecule has 1 aromatic heterocycles. The van der Waals surface area contributed by atoms with E-state index in [1.807, 2.05) is 59.5 Å². The number of nitrogens with zero attached hydrogens (tertiary/aromatic N) is 4. The highest BCUT2D eigenvalue weighted by atomic mass is 16.3. The van der Waals surface area contributed by atoms with Crippen molar-refractivity contribution in [2.24, 2.45) is 0 Å². The Hall–Kier alpha value is -3.65. The third-order valence-electron chi connectivity index (χ3n) is 5.62. The van der Waals surface area contributed by atoms with Crippen LogP contribution in [0.1, 0.15) is 23.0 Å². The number of rotatable bonds is 6. The van der Waals surface area contributed by atoms with E-state index in [9.17, 15) is 14.7 Å². The number of aromatic hydroxyl groups is 1. The van der Waals surface area contributed by atoms with E-state index in [1.165, 1.54) is 10.9 Å². The highest BCUT2D eigenvalue weighted by molar-refractivity contribution is 5.95. The van der Waals surface area contributed by atoms with Crippen LogP contribution in [-0.4, -0.2) is 69.2 Å². The second kappa shape index (κ2) is 9.65. The molecule has 0 atom stereocenters. The van der Waals surface area contributed by atoms with Crippen LogP contribution in [0.3, 0.4) is 0 Å². The van der Waals surface area contributed by atoms with Crippen LogP contribution in [-0.2, 0) is 11.2 Å². The SMILES string of the molecule is CCc1ccccc1NC(=O)CN1CCN(C(=O)c2nn(-c3ccccc3)cc2O)CC1. The van der Waals surface area contributed by atoms with E-state index in [4.69, 9.17) is 0 Å². The van der Waals surface area contributed by atoms with Crippen LogP contribution in [0.4, 0.5) is 5.69 Å². The summed E-state index contributed by atoms with van der Waals surface area (Å²) in [5.41, 5.74) is 2.75. The van der Waals surface area contributed by atoms with Gasteiger partial charge in [0.05, 0.1) is 18.4 Å². The summed E-state index contributed by atoms with van der Waals surface area (Å²) in [5.74, 6) is -0.515. The number of piperazine rings is 1. The van der Waals surface area contributed by atoms with E-state index < -0.39 is 0 Å². The average Bonchev–Trinajstić information content (AvgIpc) is 3.21. The maximum Gasteiger partial charge on any atom is 0.278 e. The van der Waals surface area contributed by atoms with Crippen LogP contribution in [0.25, 0.3) is 5.69 Å². The van der Waals surface area contributed by atoms with Gasteiger partial charge < -0.3 is 15.3 Å². The van der Waals surface area contributed by atoms with Crippen molar-refractivity contribution >= 4 is 17.5 Å². The Morgan fingerprint density at radius 1 is 1.00 bits per heavy atom. The lowest BCUT2D eigenvalue weighted by Gasteiger charge is -2.34. The van der Waals surface area contributed by atoms with Crippen LogP contribution in [0.15, 0.2) is 60.8 Å². The number of carbonyl (C=O) groups excluding carboxylic acids is 2. The molecule has 2 amide bonds. The molecule has 32 heavy (non-hydrogen) atoms. The second-order valence-electron chi connectivity index (χ2n) is 7.77. The number of amides is 2. The van der Waals surface area contributed by atoms with Gasteiger partial charge >= 0.3 is 0 Å². The van der Waals surface area contributed by atoms with Crippen molar-refractivity contribution in [1.82, 2.24) is 19.6 Å². The molecule has 0 saturated carbocycles. The zero-order valence-electron chi connectivity index (χ0n) is 18.1. The van der Waals surface area contributed by atoms with Crippen molar-refractivity contribution < 1.29 is 14.7 Å². The second-order valence-corrected chi connectivity index (χ2v) is 7.77. The largest absolute Gasteiger partial charge is 0.504 e. The van der Waals surface area contributed by atoms with Gasteiger partial charge in [-0.2, -0.15) is 5.10 Å². The molecule has 0 aliphatic carbocycles. The Morgan fingerprint density at radius 2 is 1.69 bits per heavy atom. The van der Waals surface area contributed by atoms with Gasteiger partial charge in [0.15, 0.2) is 11.4 Å². The fourth-order valence-electron chi connectivity index (χ4n) is 3.83. The van der Waals surface area contributed by atoms with Crippen molar-refractivity contribution in [1.29, 1.82) is 0 Å². The van der Waals surface area contributed by atoms with Crippen LogP contribution in [0.2, 0.25) is 0 Å². The smallest absolute Gasteiger partial charge is 0.278 e. The molecule has 3 aromatic rings. The fraction of sp³-hybridized carbons (Fsp3) is 0.292. The number of nitrogens with one attached hydrogen (secondary N) is 1. The first-order valence-corrected chi connectivity index (χ1v) is 10.8. The van der Waals surface area contributed by atoms with Gasteiger partial charge in [-0.1, -0.05) is 43.3 Å². The van der Waals surface area contributed by atoms with Crippen LogP contribution in [0, 0.1) is 0 Å². The quantitative estimate of drug-likeness (QED) is 0.624. The molecular weight excluding hydrogens is 406 g/mol. The number of anilines is 1. The molecule has 4 rings (SSSR count). The summed E-state index contributed by atoms with van der Waals surface area (Å²) < 4.78 is 1.50. The third-order valence-corrected chi connectivity index (χ3v) is 5.62. The number of para-hydroxylation sites is 2. The van der Waals surface area contributed by atoms with Crippen LogP contribution >= 0.6 is 0 Å². The molecule has 0 radical (unpaired) electrons. The van der Waals surface area contributed by atoms with Crippen molar-refractivity contribution in [2.45, 2.75) is 13.3 Å². The lowest BCUT2D eigenvalue weighted by Crippen LogP contribution is -2.50. The summed E-state index contributed by atoms with van der Waals surface area (Å²) in [6, 6.07) is 17.1. The number of benzene rings is 2. The molecule has 0 bridgehead atoms.